The average molecular weight is 435 g/mol. The predicted octanol–water partition coefficient (Wildman–Crippen LogP) is 4.99. The van der Waals surface area contributed by atoms with E-state index in [-0.39, 0.29) is 11.3 Å². The van der Waals surface area contributed by atoms with E-state index in [0.29, 0.717) is 16.9 Å². The van der Waals surface area contributed by atoms with Gasteiger partial charge in [0.2, 0.25) is 0 Å². The third-order valence-corrected chi connectivity index (χ3v) is 4.81. The van der Waals surface area contributed by atoms with Gasteiger partial charge in [0.25, 0.3) is 11.6 Å². The summed E-state index contributed by atoms with van der Waals surface area (Å²) in [5, 5.41) is 27.7. The van der Waals surface area contributed by atoms with Gasteiger partial charge in [-0.15, -0.1) is 0 Å². The molecule has 0 bridgehead atoms. The molecule has 0 radical (unpaired) electrons. The maximum absolute atomic E-state index is 12.7. The number of anilines is 1. The molecule has 160 valence electrons. The van der Waals surface area contributed by atoms with Gasteiger partial charge in [-0.25, -0.2) is 4.68 Å². The van der Waals surface area contributed by atoms with Crippen molar-refractivity contribution in [1.29, 1.82) is 5.26 Å². The van der Waals surface area contributed by atoms with E-state index in [1.54, 1.807) is 10.9 Å². The van der Waals surface area contributed by atoms with Crippen molar-refractivity contribution >= 4 is 23.4 Å². The number of hydrogen-bond acceptors (Lipinski definition) is 5. The lowest BCUT2D eigenvalue weighted by Crippen LogP contribution is -2.13. The molecule has 0 saturated carbocycles. The number of rotatable bonds is 6. The second kappa shape index (κ2) is 9.41. The van der Waals surface area contributed by atoms with E-state index < -0.39 is 10.8 Å². The van der Waals surface area contributed by atoms with Crippen LogP contribution in [0.25, 0.3) is 23.0 Å². The Morgan fingerprint density at radius 1 is 1.00 bits per heavy atom. The summed E-state index contributed by atoms with van der Waals surface area (Å²) in [6.07, 6.45) is 3.24. The lowest BCUT2D eigenvalue weighted by Gasteiger charge is -2.04. The van der Waals surface area contributed by atoms with Gasteiger partial charge < -0.3 is 5.32 Å². The number of nitrogens with one attached hydrogen (secondary N) is 1. The minimum Gasteiger partial charge on any atom is -0.321 e. The SMILES string of the molecule is N#C/C(=C\c1cn(-c2ccccc2)nc1-c1ccccc1)C(=O)Nc1ccc([N+](=O)[O-])cc1. The molecule has 0 fully saturated rings. The van der Waals surface area contributed by atoms with Crippen molar-refractivity contribution in [2.75, 3.05) is 5.32 Å². The highest BCUT2D eigenvalue weighted by Gasteiger charge is 2.15. The molecule has 4 rings (SSSR count). The van der Waals surface area contributed by atoms with Gasteiger partial charge in [-0.1, -0.05) is 48.5 Å². The lowest BCUT2D eigenvalue weighted by molar-refractivity contribution is -0.384. The van der Waals surface area contributed by atoms with Crippen LogP contribution >= 0.6 is 0 Å². The highest BCUT2D eigenvalue weighted by molar-refractivity contribution is 6.10. The van der Waals surface area contributed by atoms with Crippen LogP contribution in [-0.2, 0) is 4.79 Å². The molecule has 1 amide bonds. The quantitative estimate of drug-likeness (QED) is 0.198. The Labute approximate surface area is 189 Å². The monoisotopic (exact) mass is 435 g/mol. The van der Waals surface area contributed by atoms with Crippen LogP contribution in [0.1, 0.15) is 5.56 Å². The van der Waals surface area contributed by atoms with Crippen molar-refractivity contribution in [2.45, 2.75) is 0 Å². The summed E-state index contributed by atoms with van der Waals surface area (Å²) >= 11 is 0. The molecule has 0 atom stereocenters. The summed E-state index contributed by atoms with van der Waals surface area (Å²) in [6, 6.07) is 26.3. The Bertz CT molecular complexity index is 1370. The number of nitro benzene ring substituents is 1. The molecule has 0 aliphatic carbocycles. The number of aromatic nitrogens is 2. The second-order valence-corrected chi connectivity index (χ2v) is 7.01. The molecular weight excluding hydrogens is 418 g/mol. The van der Waals surface area contributed by atoms with Gasteiger partial charge in [0.15, 0.2) is 0 Å². The summed E-state index contributed by atoms with van der Waals surface area (Å²) < 4.78 is 1.69. The molecule has 33 heavy (non-hydrogen) atoms. The first-order valence-electron chi connectivity index (χ1n) is 9.93. The third kappa shape index (κ3) is 4.84. The first kappa shape index (κ1) is 21.2. The van der Waals surface area contributed by atoms with Crippen molar-refractivity contribution in [3.8, 4) is 23.0 Å². The van der Waals surface area contributed by atoms with Crippen molar-refractivity contribution in [3.63, 3.8) is 0 Å². The molecular formula is C25H17N5O3. The summed E-state index contributed by atoms with van der Waals surface area (Å²) in [5.74, 6) is -0.627. The molecule has 1 N–H and O–H groups in total. The van der Waals surface area contributed by atoms with Gasteiger partial charge in [-0.3, -0.25) is 14.9 Å². The van der Waals surface area contributed by atoms with Crippen LogP contribution in [0.3, 0.4) is 0 Å². The van der Waals surface area contributed by atoms with Crippen LogP contribution in [0.15, 0.2) is 96.7 Å². The van der Waals surface area contributed by atoms with Crippen LogP contribution < -0.4 is 5.32 Å². The zero-order chi connectivity index (χ0) is 23.2. The number of amides is 1. The molecule has 8 nitrogen and oxygen atoms in total. The fourth-order valence-corrected chi connectivity index (χ4v) is 3.20. The molecule has 0 unspecified atom stereocenters. The van der Waals surface area contributed by atoms with Gasteiger partial charge in [-0.05, 0) is 30.3 Å². The van der Waals surface area contributed by atoms with E-state index in [1.165, 1.54) is 30.3 Å². The zero-order valence-corrected chi connectivity index (χ0v) is 17.3. The van der Waals surface area contributed by atoms with Gasteiger partial charge in [0.05, 0.1) is 16.3 Å². The Morgan fingerprint density at radius 2 is 1.64 bits per heavy atom. The van der Waals surface area contributed by atoms with Crippen molar-refractivity contribution in [1.82, 2.24) is 9.78 Å². The molecule has 1 aromatic heterocycles. The molecule has 0 aliphatic rings. The van der Waals surface area contributed by atoms with Crippen LogP contribution in [0.5, 0.6) is 0 Å². The fraction of sp³-hybridized carbons (Fsp3) is 0. The number of nitro groups is 1. The largest absolute Gasteiger partial charge is 0.321 e. The number of carbonyl (C=O) groups is 1. The number of nitrogens with zero attached hydrogens (tertiary/aromatic N) is 4. The second-order valence-electron chi connectivity index (χ2n) is 7.01. The van der Waals surface area contributed by atoms with Gasteiger partial charge >= 0.3 is 0 Å². The molecule has 0 spiro atoms. The Hall–Kier alpha value is -5.03. The maximum Gasteiger partial charge on any atom is 0.269 e. The lowest BCUT2D eigenvalue weighted by atomic mass is 10.1. The van der Waals surface area contributed by atoms with Crippen molar-refractivity contribution in [2.24, 2.45) is 0 Å². The first-order chi connectivity index (χ1) is 16.0. The van der Waals surface area contributed by atoms with E-state index in [2.05, 4.69) is 10.4 Å². The summed E-state index contributed by atoms with van der Waals surface area (Å²) in [6.45, 7) is 0. The van der Waals surface area contributed by atoms with Crippen LogP contribution in [0.4, 0.5) is 11.4 Å². The number of hydrogen-bond donors (Lipinski definition) is 1. The zero-order valence-electron chi connectivity index (χ0n) is 17.3. The van der Waals surface area contributed by atoms with Crippen molar-refractivity contribution in [3.05, 3.63) is 112 Å². The van der Waals surface area contributed by atoms with Crippen LogP contribution in [-0.4, -0.2) is 20.6 Å². The number of carbonyl (C=O) groups excluding carboxylic acids is 1. The minimum atomic E-state index is -0.627. The van der Waals surface area contributed by atoms with Gasteiger partial charge in [0.1, 0.15) is 11.6 Å². The predicted molar refractivity (Wildman–Crippen MR) is 124 cm³/mol. The first-order valence-corrected chi connectivity index (χ1v) is 9.93. The highest BCUT2D eigenvalue weighted by atomic mass is 16.6. The van der Waals surface area contributed by atoms with E-state index in [0.717, 1.165) is 11.3 Å². The highest BCUT2D eigenvalue weighted by Crippen LogP contribution is 2.26. The third-order valence-electron chi connectivity index (χ3n) is 4.81. The summed E-state index contributed by atoms with van der Waals surface area (Å²) in [5.41, 5.74) is 3.02. The van der Waals surface area contributed by atoms with Gasteiger partial charge in [-0.2, -0.15) is 10.4 Å². The molecule has 4 aromatic rings. The number of nitriles is 1. The topological polar surface area (TPSA) is 114 Å². The van der Waals surface area contributed by atoms with Crippen LogP contribution in [0, 0.1) is 21.4 Å². The number of para-hydroxylation sites is 1. The normalized spacial score (nSPS) is 10.9. The molecule has 1 heterocycles. The standard InChI is InChI=1S/C25H17N5O3/c26-16-19(25(31)27-21-11-13-23(14-12-21)30(32)33)15-20-17-29(22-9-5-2-6-10-22)28-24(20)18-7-3-1-4-8-18/h1-15,17H,(H,27,31)/b19-15+. The van der Waals surface area contributed by atoms with Gasteiger partial charge in [0, 0.05) is 35.1 Å². The van der Waals surface area contributed by atoms with Crippen LogP contribution in [0.2, 0.25) is 0 Å². The number of benzene rings is 3. The average Bonchev–Trinajstić information content (AvgIpc) is 3.28. The van der Waals surface area contributed by atoms with E-state index in [4.69, 9.17) is 0 Å². The minimum absolute atomic E-state index is 0.0927. The van der Waals surface area contributed by atoms with E-state index in [9.17, 15) is 20.2 Å². The Morgan fingerprint density at radius 3 is 2.24 bits per heavy atom. The maximum atomic E-state index is 12.7. The fourth-order valence-electron chi connectivity index (χ4n) is 3.20. The Balaban J connectivity index is 1.69. The summed E-state index contributed by atoms with van der Waals surface area (Å²) in [4.78, 5) is 23.0. The smallest absolute Gasteiger partial charge is 0.269 e. The van der Waals surface area contributed by atoms with E-state index >= 15 is 0 Å². The molecule has 8 heteroatoms. The molecule has 3 aromatic carbocycles. The summed E-state index contributed by atoms with van der Waals surface area (Å²) in [7, 11) is 0. The Kier molecular flexibility index (Phi) is 6.05. The molecule has 0 saturated heterocycles. The van der Waals surface area contributed by atoms with E-state index in [1.807, 2.05) is 66.7 Å². The van der Waals surface area contributed by atoms with Crippen molar-refractivity contribution < 1.29 is 9.72 Å². The number of non-ortho nitro benzene ring substituents is 1. The molecule has 0 aliphatic heterocycles.